The van der Waals surface area contributed by atoms with Gasteiger partial charge in [-0.2, -0.15) is 5.26 Å². The molecule has 16 heavy (non-hydrogen) atoms. The summed E-state index contributed by atoms with van der Waals surface area (Å²) in [6, 6.07) is 7.61. The van der Waals surface area contributed by atoms with Crippen LogP contribution in [0.2, 0.25) is 5.15 Å². The van der Waals surface area contributed by atoms with Crippen LogP contribution in [-0.2, 0) is 13.5 Å². The molecule has 2 heterocycles. The number of imidazole rings is 1. The van der Waals surface area contributed by atoms with Gasteiger partial charge in [0, 0.05) is 13.2 Å². The zero-order valence-corrected chi connectivity index (χ0v) is 9.44. The van der Waals surface area contributed by atoms with Gasteiger partial charge in [0.05, 0.1) is 18.2 Å². The number of nitriles is 1. The molecule has 80 valence electrons. The third-order valence-electron chi connectivity index (χ3n) is 2.23. The molecular weight excluding hydrogens is 224 g/mol. The van der Waals surface area contributed by atoms with Crippen molar-refractivity contribution in [3.63, 3.8) is 0 Å². The quantitative estimate of drug-likeness (QED) is 0.798. The Bertz CT molecular complexity index is 539. The van der Waals surface area contributed by atoms with Crippen LogP contribution < -0.4 is 0 Å². The molecule has 0 saturated heterocycles. The smallest absolute Gasteiger partial charge is 0.159 e. The minimum absolute atomic E-state index is 0.208. The van der Waals surface area contributed by atoms with Crippen molar-refractivity contribution >= 4 is 11.6 Å². The average molecular weight is 233 g/mol. The van der Waals surface area contributed by atoms with E-state index in [2.05, 4.69) is 9.97 Å². The molecule has 0 aliphatic rings. The van der Waals surface area contributed by atoms with Crippen LogP contribution in [0.25, 0.3) is 11.5 Å². The van der Waals surface area contributed by atoms with Crippen molar-refractivity contribution in [2.75, 3.05) is 0 Å². The number of hydrogen-bond donors (Lipinski definition) is 0. The third kappa shape index (κ3) is 1.77. The van der Waals surface area contributed by atoms with E-state index < -0.39 is 0 Å². The summed E-state index contributed by atoms with van der Waals surface area (Å²) in [5, 5.41) is 9.13. The number of hydrogen-bond acceptors (Lipinski definition) is 3. The molecule has 0 bridgehead atoms. The van der Waals surface area contributed by atoms with Crippen LogP contribution in [0.5, 0.6) is 0 Å². The molecule has 0 fully saturated rings. The first-order chi connectivity index (χ1) is 7.74. The van der Waals surface area contributed by atoms with Crippen LogP contribution in [0.4, 0.5) is 0 Å². The molecule has 2 rings (SSSR count). The van der Waals surface area contributed by atoms with Gasteiger partial charge in [0.25, 0.3) is 0 Å². The standard InChI is InChI=1S/C11H9ClN4/c1-16-10(12)8(5-6-13)15-11(16)9-4-2-3-7-14-9/h2-4,7H,5H2,1H3. The first kappa shape index (κ1) is 10.7. The predicted molar refractivity (Wildman–Crippen MR) is 60.8 cm³/mol. The maximum atomic E-state index is 8.64. The van der Waals surface area contributed by atoms with Crippen LogP contribution in [0.15, 0.2) is 24.4 Å². The molecule has 0 spiro atoms. The van der Waals surface area contributed by atoms with Crippen LogP contribution in [0.1, 0.15) is 5.69 Å². The Morgan fingerprint density at radius 2 is 2.31 bits per heavy atom. The van der Waals surface area contributed by atoms with Gasteiger partial charge in [-0.05, 0) is 12.1 Å². The Labute approximate surface area is 98.1 Å². The minimum Gasteiger partial charge on any atom is -0.317 e. The number of pyridine rings is 1. The first-order valence-electron chi connectivity index (χ1n) is 4.73. The third-order valence-corrected chi connectivity index (χ3v) is 2.70. The van der Waals surface area contributed by atoms with Gasteiger partial charge >= 0.3 is 0 Å². The second-order valence-electron chi connectivity index (χ2n) is 3.28. The van der Waals surface area contributed by atoms with Crippen LogP contribution in [0.3, 0.4) is 0 Å². The highest BCUT2D eigenvalue weighted by Crippen LogP contribution is 2.23. The summed E-state index contributed by atoms with van der Waals surface area (Å²) in [5.41, 5.74) is 1.34. The normalized spacial score (nSPS) is 10.1. The van der Waals surface area contributed by atoms with Gasteiger partial charge < -0.3 is 4.57 Å². The van der Waals surface area contributed by atoms with Crippen molar-refractivity contribution in [1.29, 1.82) is 5.26 Å². The molecule has 0 atom stereocenters. The average Bonchev–Trinajstić information content (AvgIpc) is 2.59. The van der Waals surface area contributed by atoms with Crippen LogP contribution in [0, 0.1) is 11.3 Å². The summed E-state index contributed by atoms with van der Waals surface area (Å²) < 4.78 is 1.73. The number of halogens is 1. The molecule has 0 aliphatic heterocycles. The first-order valence-corrected chi connectivity index (χ1v) is 5.11. The summed E-state index contributed by atoms with van der Waals surface area (Å²) in [5.74, 6) is 0.677. The topological polar surface area (TPSA) is 54.5 Å². The van der Waals surface area contributed by atoms with Gasteiger partial charge in [0.15, 0.2) is 5.82 Å². The Morgan fingerprint density at radius 1 is 1.50 bits per heavy atom. The molecule has 0 N–H and O–H groups in total. The fraction of sp³-hybridized carbons (Fsp3) is 0.182. The largest absolute Gasteiger partial charge is 0.317 e. The fourth-order valence-corrected chi connectivity index (χ4v) is 1.64. The molecule has 0 unspecified atom stereocenters. The summed E-state index contributed by atoms with van der Waals surface area (Å²) in [4.78, 5) is 8.51. The fourth-order valence-electron chi connectivity index (χ4n) is 1.45. The molecule has 4 nitrogen and oxygen atoms in total. The molecule has 0 saturated carbocycles. The summed E-state index contributed by atoms with van der Waals surface area (Å²) in [7, 11) is 1.81. The van der Waals surface area contributed by atoms with Gasteiger partial charge in [-0.1, -0.05) is 17.7 Å². The van der Waals surface area contributed by atoms with E-state index in [1.807, 2.05) is 24.3 Å². The molecule has 0 radical (unpaired) electrons. The number of aromatic nitrogens is 3. The molecule has 2 aromatic heterocycles. The maximum Gasteiger partial charge on any atom is 0.159 e. The van der Waals surface area contributed by atoms with Gasteiger partial charge in [-0.25, -0.2) is 4.98 Å². The Balaban J connectivity index is 2.52. The van der Waals surface area contributed by atoms with Crippen molar-refractivity contribution in [3.05, 3.63) is 35.2 Å². The molecule has 0 aromatic carbocycles. The molecule has 5 heteroatoms. The lowest BCUT2D eigenvalue weighted by molar-refractivity contribution is 0.917. The van der Waals surface area contributed by atoms with E-state index in [4.69, 9.17) is 16.9 Å². The van der Waals surface area contributed by atoms with E-state index in [0.29, 0.717) is 16.7 Å². The van der Waals surface area contributed by atoms with Gasteiger partial charge in [-0.15, -0.1) is 0 Å². The highest BCUT2D eigenvalue weighted by atomic mass is 35.5. The van der Waals surface area contributed by atoms with Crippen molar-refractivity contribution < 1.29 is 0 Å². The van der Waals surface area contributed by atoms with E-state index in [9.17, 15) is 0 Å². The lowest BCUT2D eigenvalue weighted by atomic mass is 10.3. The number of nitrogens with zero attached hydrogens (tertiary/aromatic N) is 4. The van der Waals surface area contributed by atoms with E-state index in [1.54, 1.807) is 17.8 Å². The Hall–Kier alpha value is -1.86. The van der Waals surface area contributed by atoms with E-state index in [1.165, 1.54) is 0 Å². The summed E-state index contributed by atoms with van der Waals surface area (Å²) >= 11 is 6.06. The molecule has 0 aliphatic carbocycles. The molecular formula is C11H9ClN4. The van der Waals surface area contributed by atoms with Crippen molar-refractivity contribution in [1.82, 2.24) is 14.5 Å². The Morgan fingerprint density at radius 3 is 2.94 bits per heavy atom. The van der Waals surface area contributed by atoms with Gasteiger partial charge in [0.2, 0.25) is 0 Å². The summed E-state index contributed by atoms with van der Waals surface area (Å²) in [6.07, 6.45) is 1.90. The zero-order valence-electron chi connectivity index (χ0n) is 8.68. The van der Waals surface area contributed by atoms with Crippen molar-refractivity contribution in [2.24, 2.45) is 7.05 Å². The van der Waals surface area contributed by atoms with Gasteiger partial charge in [0.1, 0.15) is 10.8 Å². The predicted octanol–water partition coefficient (Wildman–Crippen LogP) is 2.20. The molecule has 0 amide bonds. The van der Waals surface area contributed by atoms with Crippen LogP contribution >= 0.6 is 11.6 Å². The van der Waals surface area contributed by atoms with E-state index in [-0.39, 0.29) is 6.42 Å². The second kappa shape index (κ2) is 4.33. The minimum atomic E-state index is 0.208. The number of rotatable bonds is 2. The van der Waals surface area contributed by atoms with Crippen LogP contribution in [-0.4, -0.2) is 14.5 Å². The highest BCUT2D eigenvalue weighted by molar-refractivity contribution is 6.30. The summed E-state index contributed by atoms with van der Waals surface area (Å²) in [6.45, 7) is 0. The monoisotopic (exact) mass is 232 g/mol. The highest BCUT2D eigenvalue weighted by Gasteiger charge is 2.14. The van der Waals surface area contributed by atoms with E-state index >= 15 is 0 Å². The SMILES string of the molecule is Cn1c(-c2ccccn2)nc(CC#N)c1Cl. The Kier molecular flexibility index (Phi) is 2.88. The van der Waals surface area contributed by atoms with Gasteiger partial charge in [-0.3, -0.25) is 4.98 Å². The lowest BCUT2D eigenvalue weighted by Gasteiger charge is -2.00. The maximum absolute atomic E-state index is 8.64. The van der Waals surface area contributed by atoms with Crippen molar-refractivity contribution in [3.8, 4) is 17.6 Å². The van der Waals surface area contributed by atoms with Crippen molar-refractivity contribution in [2.45, 2.75) is 6.42 Å². The zero-order chi connectivity index (χ0) is 11.5. The second-order valence-corrected chi connectivity index (χ2v) is 3.64. The molecule has 2 aromatic rings. The van der Waals surface area contributed by atoms with E-state index in [0.717, 1.165) is 5.69 Å². The lowest BCUT2D eigenvalue weighted by Crippen LogP contribution is -1.93.